The highest BCUT2D eigenvalue weighted by Crippen LogP contribution is 2.29. The lowest BCUT2D eigenvalue weighted by Gasteiger charge is -2.28. The smallest absolute Gasteiger partial charge is 0.246 e. The Labute approximate surface area is 157 Å². The predicted molar refractivity (Wildman–Crippen MR) is 103 cm³/mol. The summed E-state index contributed by atoms with van der Waals surface area (Å²) in [5.41, 5.74) is 0.831. The lowest BCUT2D eigenvalue weighted by Crippen LogP contribution is -2.31. The van der Waals surface area contributed by atoms with Crippen molar-refractivity contribution in [3.63, 3.8) is 0 Å². The number of carbonyl (C=O) groups excluding carboxylic acids is 1. The van der Waals surface area contributed by atoms with E-state index < -0.39 is 0 Å². The van der Waals surface area contributed by atoms with E-state index >= 15 is 0 Å². The van der Waals surface area contributed by atoms with Crippen LogP contribution in [0, 0.1) is 0 Å². The van der Waals surface area contributed by atoms with Gasteiger partial charge in [0.05, 0.1) is 18.1 Å². The van der Waals surface area contributed by atoms with E-state index in [1.165, 1.54) is 26.4 Å². The molecular weight excluding hydrogens is 352 g/mol. The zero-order chi connectivity index (χ0) is 18.4. The van der Waals surface area contributed by atoms with Crippen molar-refractivity contribution >= 4 is 34.5 Å². The average Bonchev–Trinajstić information content (AvgIpc) is 3.05. The van der Waals surface area contributed by atoms with E-state index in [0.29, 0.717) is 13.1 Å². The number of anilines is 1. The third kappa shape index (κ3) is 4.45. The van der Waals surface area contributed by atoms with Crippen LogP contribution >= 0.6 is 11.8 Å². The Kier molecular flexibility index (Phi) is 6.67. The van der Waals surface area contributed by atoms with Gasteiger partial charge in [0.15, 0.2) is 10.8 Å². The minimum Gasteiger partial charge on any atom is -0.375 e. The summed E-state index contributed by atoms with van der Waals surface area (Å²) in [5, 5.41) is 9.08. The summed E-state index contributed by atoms with van der Waals surface area (Å²) in [6.45, 7) is 5.27. The Balaban J connectivity index is 1.83. The zero-order valence-electron chi connectivity index (χ0n) is 15.4. The van der Waals surface area contributed by atoms with Gasteiger partial charge in [0.2, 0.25) is 5.91 Å². The molecule has 0 atom stereocenters. The number of hydrogen-bond donors (Lipinski definition) is 1. The molecule has 1 saturated heterocycles. The minimum absolute atomic E-state index is 0.0679. The van der Waals surface area contributed by atoms with Gasteiger partial charge in [-0.3, -0.25) is 4.79 Å². The molecule has 1 aliphatic heterocycles. The fourth-order valence-electron chi connectivity index (χ4n) is 3.11. The number of carbonyl (C=O) groups is 1. The predicted octanol–water partition coefficient (Wildman–Crippen LogP) is 1.69. The number of nitrogens with zero attached hydrogens (tertiary/aromatic N) is 5. The van der Waals surface area contributed by atoms with Gasteiger partial charge in [-0.25, -0.2) is 14.6 Å². The molecule has 26 heavy (non-hydrogen) atoms. The van der Waals surface area contributed by atoms with E-state index in [1.54, 1.807) is 11.8 Å². The van der Waals surface area contributed by atoms with Crippen LogP contribution in [0.3, 0.4) is 0 Å². The number of aromatic nitrogens is 4. The highest BCUT2D eigenvalue weighted by atomic mass is 32.2. The number of piperidine rings is 1. The second-order valence-electron chi connectivity index (χ2n) is 6.20. The van der Waals surface area contributed by atoms with E-state index in [9.17, 15) is 4.79 Å². The first kappa shape index (κ1) is 18.9. The standard InChI is InChI=1S/C17H26N6O2S/c1-3-26-17-20-15(22-8-5-4-6-9-22)13-11-19-23(16(13)21-17)10-7-18-14(24)12-25-2/h11H,3-10,12H2,1-2H3,(H,18,24). The number of hydrogen-bond acceptors (Lipinski definition) is 7. The molecule has 1 aliphatic rings. The number of amides is 1. The SMILES string of the molecule is CCSc1nc(N2CCCCC2)c2cnn(CCNC(=O)COC)c2n1. The molecule has 1 fully saturated rings. The molecular formula is C17H26N6O2S. The van der Waals surface area contributed by atoms with Crippen molar-refractivity contribution in [2.75, 3.05) is 44.0 Å². The van der Waals surface area contributed by atoms with E-state index in [-0.39, 0.29) is 12.5 Å². The minimum atomic E-state index is -0.130. The van der Waals surface area contributed by atoms with Crippen LogP contribution in [0.25, 0.3) is 11.0 Å². The summed E-state index contributed by atoms with van der Waals surface area (Å²) in [6, 6.07) is 0. The molecule has 0 spiro atoms. The van der Waals surface area contributed by atoms with Crippen molar-refractivity contribution in [3.05, 3.63) is 6.20 Å². The topological polar surface area (TPSA) is 85.2 Å². The Hall–Kier alpha value is -1.87. The fraction of sp³-hybridized carbons (Fsp3) is 0.647. The molecule has 3 heterocycles. The van der Waals surface area contributed by atoms with Crippen molar-refractivity contribution in [2.24, 2.45) is 0 Å². The summed E-state index contributed by atoms with van der Waals surface area (Å²) < 4.78 is 6.67. The lowest BCUT2D eigenvalue weighted by atomic mass is 10.1. The largest absolute Gasteiger partial charge is 0.375 e. The van der Waals surface area contributed by atoms with Gasteiger partial charge in [0.1, 0.15) is 12.4 Å². The molecule has 9 heteroatoms. The summed E-state index contributed by atoms with van der Waals surface area (Å²) in [6.07, 6.45) is 5.52. The Morgan fingerprint density at radius 1 is 1.31 bits per heavy atom. The lowest BCUT2D eigenvalue weighted by molar-refractivity contribution is -0.124. The molecule has 142 valence electrons. The maximum Gasteiger partial charge on any atom is 0.246 e. The third-order valence-electron chi connectivity index (χ3n) is 4.31. The monoisotopic (exact) mass is 378 g/mol. The van der Waals surface area contributed by atoms with Crippen molar-refractivity contribution in [1.29, 1.82) is 0 Å². The highest BCUT2D eigenvalue weighted by molar-refractivity contribution is 7.99. The molecule has 1 N–H and O–H groups in total. The number of ether oxygens (including phenoxy) is 1. The van der Waals surface area contributed by atoms with Gasteiger partial charge in [-0.2, -0.15) is 5.10 Å². The van der Waals surface area contributed by atoms with Crippen LogP contribution in [0.1, 0.15) is 26.2 Å². The second-order valence-corrected chi connectivity index (χ2v) is 7.43. The average molecular weight is 379 g/mol. The number of nitrogens with one attached hydrogen (secondary N) is 1. The van der Waals surface area contributed by atoms with E-state index in [4.69, 9.17) is 14.7 Å². The van der Waals surface area contributed by atoms with Crippen molar-refractivity contribution in [2.45, 2.75) is 37.9 Å². The van der Waals surface area contributed by atoms with Gasteiger partial charge in [-0.15, -0.1) is 0 Å². The number of fused-ring (bicyclic) bond motifs is 1. The summed E-state index contributed by atoms with van der Waals surface area (Å²) in [5.74, 6) is 1.78. The molecule has 3 rings (SSSR count). The van der Waals surface area contributed by atoms with Crippen LogP contribution < -0.4 is 10.2 Å². The first-order valence-electron chi connectivity index (χ1n) is 9.10. The van der Waals surface area contributed by atoms with Gasteiger partial charge in [-0.1, -0.05) is 18.7 Å². The van der Waals surface area contributed by atoms with E-state index in [2.05, 4.69) is 22.2 Å². The number of thioether (sulfide) groups is 1. The molecule has 0 bridgehead atoms. The molecule has 0 unspecified atom stereocenters. The van der Waals surface area contributed by atoms with E-state index in [1.807, 2.05) is 10.9 Å². The second kappa shape index (κ2) is 9.18. The van der Waals surface area contributed by atoms with Crippen molar-refractivity contribution in [1.82, 2.24) is 25.1 Å². The van der Waals surface area contributed by atoms with Gasteiger partial charge >= 0.3 is 0 Å². The maximum absolute atomic E-state index is 11.5. The van der Waals surface area contributed by atoms with Crippen LogP contribution in [0.4, 0.5) is 5.82 Å². The van der Waals surface area contributed by atoms with Crippen molar-refractivity contribution < 1.29 is 9.53 Å². The Bertz CT molecular complexity index is 744. The van der Waals surface area contributed by atoms with Gasteiger partial charge in [0.25, 0.3) is 0 Å². The van der Waals surface area contributed by atoms with Gasteiger partial charge in [0, 0.05) is 26.7 Å². The first-order valence-corrected chi connectivity index (χ1v) is 10.1. The molecule has 0 aromatic carbocycles. The summed E-state index contributed by atoms with van der Waals surface area (Å²) >= 11 is 1.64. The number of rotatable bonds is 8. The van der Waals surface area contributed by atoms with Gasteiger partial charge in [-0.05, 0) is 25.0 Å². The fourth-order valence-corrected chi connectivity index (χ4v) is 3.67. The maximum atomic E-state index is 11.5. The molecule has 0 saturated carbocycles. The Morgan fingerprint density at radius 3 is 2.85 bits per heavy atom. The van der Waals surface area contributed by atoms with Crippen LogP contribution in [0.5, 0.6) is 0 Å². The summed E-state index contributed by atoms with van der Waals surface area (Å²) in [7, 11) is 1.51. The molecule has 0 aliphatic carbocycles. The van der Waals surface area contributed by atoms with Crippen LogP contribution in [0.15, 0.2) is 11.4 Å². The van der Waals surface area contributed by atoms with Crippen LogP contribution in [-0.2, 0) is 16.1 Å². The van der Waals surface area contributed by atoms with Crippen LogP contribution in [-0.4, -0.2) is 64.8 Å². The van der Waals surface area contributed by atoms with Crippen molar-refractivity contribution in [3.8, 4) is 0 Å². The third-order valence-corrected chi connectivity index (χ3v) is 5.04. The van der Waals surface area contributed by atoms with E-state index in [0.717, 1.165) is 40.9 Å². The molecule has 2 aromatic heterocycles. The van der Waals surface area contributed by atoms with Crippen LogP contribution in [0.2, 0.25) is 0 Å². The normalized spacial score (nSPS) is 14.8. The van der Waals surface area contributed by atoms with Gasteiger partial charge < -0.3 is 15.0 Å². The number of methoxy groups -OCH3 is 1. The Morgan fingerprint density at radius 2 is 2.12 bits per heavy atom. The first-order chi connectivity index (χ1) is 12.7. The highest BCUT2D eigenvalue weighted by Gasteiger charge is 2.19. The molecule has 1 amide bonds. The molecule has 8 nitrogen and oxygen atoms in total. The molecule has 0 radical (unpaired) electrons. The quantitative estimate of drug-likeness (QED) is 0.553. The summed E-state index contributed by atoms with van der Waals surface area (Å²) in [4.78, 5) is 23.4. The zero-order valence-corrected chi connectivity index (χ0v) is 16.2. The molecule has 2 aromatic rings.